The van der Waals surface area contributed by atoms with Crippen molar-refractivity contribution in [1.82, 2.24) is 0 Å². The van der Waals surface area contributed by atoms with Crippen molar-refractivity contribution in [3.8, 4) is 0 Å². The van der Waals surface area contributed by atoms with Crippen LogP contribution in [0, 0.1) is 11.3 Å². The van der Waals surface area contributed by atoms with Crippen molar-refractivity contribution in [2.45, 2.75) is 48.5 Å². The SMILES string of the molecule is CC(/C=C/C(C)C)=C\C=C\C=C(C)\C=C\C(C)(C)C. The third-order valence-corrected chi connectivity index (χ3v) is 2.42. The molecule has 0 heterocycles. The molecule has 0 heteroatoms. The molecule has 0 aliphatic carbocycles. The number of allylic oxidation sites excluding steroid dienone is 10. The molecule has 0 rings (SSSR count). The first-order chi connectivity index (χ1) is 8.70. The molecule has 0 saturated carbocycles. The summed E-state index contributed by atoms with van der Waals surface area (Å²) in [5, 5.41) is 0. The van der Waals surface area contributed by atoms with E-state index in [4.69, 9.17) is 0 Å². The van der Waals surface area contributed by atoms with E-state index in [1.54, 1.807) is 0 Å². The largest absolute Gasteiger partial charge is 0.0817 e. The molecule has 0 unspecified atom stereocenters. The summed E-state index contributed by atoms with van der Waals surface area (Å²) in [5.41, 5.74) is 2.80. The van der Waals surface area contributed by atoms with Gasteiger partial charge in [0.25, 0.3) is 0 Å². The monoisotopic (exact) mass is 258 g/mol. The van der Waals surface area contributed by atoms with Gasteiger partial charge in [0.2, 0.25) is 0 Å². The highest BCUT2D eigenvalue weighted by atomic mass is 14.1. The van der Waals surface area contributed by atoms with E-state index < -0.39 is 0 Å². The summed E-state index contributed by atoms with van der Waals surface area (Å²) in [6, 6.07) is 0. The van der Waals surface area contributed by atoms with Gasteiger partial charge in [-0.2, -0.15) is 0 Å². The van der Waals surface area contributed by atoms with Crippen LogP contribution >= 0.6 is 0 Å². The first-order valence-corrected chi connectivity index (χ1v) is 7.10. The molecule has 0 aliphatic heterocycles. The smallest absolute Gasteiger partial charge is 0.0200 e. The summed E-state index contributed by atoms with van der Waals surface area (Å²) in [6.45, 7) is 15.3. The van der Waals surface area contributed by atoms with Gasteiger partial charge in [-0.1, -0.05) is 94.4 Å². The highest BCUT2D eigenvalue weighted by molar-refractivity contribution is 5.27. The van der Waals surface area contributed by atoms with Gasteiger partial charge in [-0.3, -0.25) is 0 Å². The van der Waals surface area contributed by atoms with Crippen LogP contribution in [0.25, 0.3) is 0 Å². The van der Waals surface area contributed by atoms with Crippen molar-refractivity contribution in [2.75, 3.05) is 0 Å². The van der Waals surface area contributed by atoms with Crippen molar-refractivity contribution in [1.29, 1.82) is 0 Å². The fraction of sp³-hybridized carbons (Fsp3) is 0.474. The lowest BCUT2D eigenvalue weighted by molar-refractivity contribution is 0.544. The lowest BCUT2D eigenvalue weighted by Gasteiger charge is -2.10. The summed E-state index contributed by atoms with van der Waals surface area (Å²) in [6.07, 6.45) is 17.3. The Kier molecular flexibility index (Phi) is 8.14. The Balaban J connectivity index is 4.43. The van der Waals surface area contributed by atoms with Crippen LogP contribution in [0.3, 0.4) is 0 Å². The van der Waals surface area contributed by atoms with Crippen molar-refractivity contribution in [3.63, 3.8) is 0 Å². The molecular formula is C19H30. The van der Waals surface area contributed by atoms with Crippen LogP contribution in [-0.4, -0.2) is 0 Å². The van der Waals surface area contributed by atoms with Gasteiger partial charge in [0.05, 0.1) is 0 Å². The van der Waals surface area contributed by atoms with E-state index in [0.717, 1.165) is 0 Å². The standard InChI is InChI=1S/C19H30/c1-16(2)12-13-17(3)10-8-9-11-18(4)14-15-19(5,6)7/h8-16H,1-7H3/b9-8+,13-12+,15-14+,17-10+,18-11+. The molecule has 0 radical (unpaired) electrons. The Hall–Kier alpha value is -1.30. The maximum Gasteiger partial charge on any atom is -0.0200 e. The van der Waals surface area contributed by atoms with E-state index in [2.05, 4.69) is 97.1 Å². The van der Waals surface area contributed by atoms with Crippen LogP contribution < -0.4 is 0 Å². The predicted octanol–water partition coefficient (Wildman–Crippen LogP) is 6.25. The summed E-state index contributed by atoms with van der Waals surface area (Å²) in [7, 11) is 0. The summed E-state index contributed by atoms with van der Waals surface area (Å²) in [4.78, 5) is 0. The minimum atomic E-state index is 0.247. The van der Waals surface area contributed by atoms with Crippen LogP contribution in [0.2, 0.25) is 0 Å². The van der Waals surface area contributed by atoms with Crippen LogP contribution in [-0.2, 0) is 0 Å². The second kappa shape index (κ2) is 8.74. The lowest BCUT2D eigenvalue weighted by Crippen LogP contribution is -1.98. The predicted molar refractivity (Wildman–Crippen MR) is 89.2 cm³/mol. The van der Waals surface area contributed by atoms with Crippen molar-refractivity contribution in [2.24, 2.45) is 11.3 Å². The van der Waals surface area contributed by atoms with E-state index in [0.29, 0.717) is 5.92 Å². The van der Waals surface area contributed by atoms with E-state index in [-0.39, 0.29) is 5.41 Å². The second-order valence-electron chi connectivity index (χ2n) is 6.51. The number of rotatable bonds is 5. The fourth-order valence-corrected chi connectivity index (χ4v) is 1.25. The molecule has 0 nitrogen and oxygen atoms in total. The highest BCUT2D eigenvalue weighted by Crippen LogP contribution is 2.15. The van der Waals surface area contributed by atoms with Gasteiger partial charge in [0.15, 0.2) is 0 Å². The average Bonchev–Trinajstić information content (AvgIpc) is 2.28. The van der Waals surface area contributed by atoms with Crippen LogP contribution in [0.5, 0.6) is 0 Å². The topological polar surface area (TPSA) is 0 Å². The number of hydrogen-bond donors (Lipinski definition) is 0. The van der Waals surface area contributed by atoms with Crippen LogP contribution in [0.1, 0.15) is 48.5 Å². The summed E-state index contributed by atoms with van der Waals surface area (Å²) < 4.78 is 0. The molecule has 106 valence electrons. The molecule has 0 fully saturated rings. The van der Waals surface area contributed by atoms with Gasteiger partial charge in [-0.15, -0.1) is 0 Å². The Bertz CT molecular complexity index is 390. The first-order valence-electron chi connectivity index (χ1n) is 7.10. The minimum absolute atomic E-state index is 0.247. The normalized spacial score (nSPS) is 15.6. The molecule has 0 atom stereocenters. The molecule has 0 aliphatic rings. The summed E-state index contributed by atoms with van der Waals surface area (Å²) in [5.74, 6) is 0.608. The molecular weight excluding hydrogens is 228 g/mol. The second-order valence-corrected chi connectivity index (χ2v) is 6.51. The molecule has 19 heavy (non-hydrogen) atoms. The average molecular weight is 258 g/mol. The molecule has 0 aromatic carbocycles. The Morgan fingerprint density at radius 2 is 1.32 bits per heavy atom. The lowest BCUT2D eigenvalue weighted by atomic mass is 9.95. The van der Waals surface area contributed by atoms with Gasteiger partial charge in [-0.25, -0.2) is 0 Å². The molecule has 0 aromatic heterocycles. The van der Waals surface area contributed by atoms with Gasteiger partial charge < -0.3 is 0 Å². The Morgan fingerprint density at radius 3 is 1.74 bits per heavy atom. The third kappa shape index (κ3) is 12.9. The minimum Gasteiger partial charge on any atom is -0.0817 e. The maximum atomic E-state index is 2.24. The Morgan fingerprint density at radius 1 is 0.842 bits per heavy atom. The van der Waals surface area contributed by atoms with Gasteiger partial charge in [0, 0.05) is 0 Å². The van der Waals surface area contributed by atoms with E-state index in [1.165, 1.54) is 11.1 Å². The van der Waals surface area contributed by atoms with Crippen molar-refractivity contribution >= 4 is 0 Å². The van der Waals surface area contributed by atoms with Crippen LogP contribution in [0.4, 0.5) is 0 Å². The fourth-order valence-electron chi connectivity index (χ4n) is 1.25. The van der Waals surface area contributed by atoms with E-state index in [9.17, 15) is 0 Å². The zero-order chi connectivity index (χ0) is 14.9. The van der Waals surface area contributed by atoms with E-state index >= 15 is 0 Å². The first kappa shape index (κ1) is 17.7. The number of hydrogen-bond acceptors (Lipinski definition) is 0. The molecule has 0 aromatic rings. The van der Waals surface area contributed by atoms with Gasteiger partial charge in [-0.05, 0) is 25.2 Å². The van der Waals surface area contributed by atoms with E-state index in [1.807, 2.05) is 0 Å². The quantitative estimate of drug-likeness (QED) is 0.511. The molecule has 0 N–H and O–H groups in total. The van der Waals surface area contributed by atoms with Crippen molar-refractivity contribution < 1.29 is 0 Å². The summed E-state index contributed by atoms with van der Waals surface area (Å²) >= 11 is 0. The van der Waals surface area contributed by atoms with Crippen LogP contribution in [0.15, 0.2) is 59.8 Å². The molecule has 0 saturated heterocycles. The van der Waals surface area contributed by atoms with Crippen molar-refractivity contribution in [3.05, 3.63) is 59.8 Å². The molecule has 0 spiro atoms. The highest BCUT2D eigenvalue weighted by Gasteiger charge is 2.02. The zero-order valence-electron chi connectivity index (χ0n) is 13.7. The molecule has 0 bridgehead atoms. The molecule has 0 amide bonds. The third-order valence-electron chi connectivity index (χ3n) is 2.42. The van der Waals surface area contributed by atoms with Gasteiger partial charge >= 0.3 is 0 Å². The van der Waals surface area contributed by atoms with Gasteiger partial charge in [0.1, 0.15) is 0 Å². The Labute approximate surface area is 120 Å². The maximum absolute atomic E-state index is 2.24. The zero-order valence-corrected chi connectivity index (χ0v) is 13.7.